The third-order valence-electron chi connectivity index (χ3n) is 19.2. The van der Waals surface area contributed by atoms with Crippen molar-refractivity contribution >= 4 is 10.8 Å². The van der Waals surface area contributed by atoms with Crippen molar-refractivity contribution in [1.82, 2.24) is 49.0 Å². The van der Waals surface area contributed by atoms with Gasteiger partial charge in [-0.1, -0.05) is 140 Å². The summed E-state index contributed by atoms with van der Waals surface area (Å²) in [5.41, 5.74) is 34.9. The molecule has 15 heteroatoms. The smallest absolute Gasteiger partial charge is 0.0561 e. The number of aromatic nitrogens is 10. The van der Waals surface area contributed by atoms with Crippen LogP contribution in [0.15, 0.2) is 274 Å². The number of hydrogen-bond acceptors (Lipinski definition) is 8. The molecule has 633 valence electrons. The van der Waals surface area contributed by atoms with Crippen LogP contribution in [-0.4, -0.2) is 49.0 Å². The summed E-state index contributed by atoms with van der Waals surface area (Å²) in [7, 11) is 4.08. The van der Waals surface area contributed by atoms with Crippen LogP contribution < -0.4 is 0 Å². The van der Waals surface area contributed by atoms with Crippen LogP contribution in [0.5, 0.6) is 0 Å². The zero-order chi connectivity index (χ0) is 83.5. The molecule has 8 heterocycles. The summed E-state index contributed by atoms with van der Waals surface area (Å²) in [6, 6.07) is 105. The third kappa shape index (κ3) is 31.0. The van der Waals surface area contributed by atoms with Gasteiger partial charge in [-0.05, 0) is 142 Å². The van der Waals surface area contributed by atoms with Gasteiger partial charge in [0.15, 0.2) is 0 Å². The molecule has 0 aliphatic heterocycles. The second kappa shape index (κ2) is 51.0. The first-order chi connectivity index (χ1) is 56.3. The van der Waals surface area contributed by atoms with E-state index in [4.69, 9.17) is 0 Å². The van der Waals surface area contributed by atoms with Gasteiger partial charge in [-0.2, -0.15) is 0 Å². The quantitative estimate of drug-likeness (QED) is 0.138. The van der Waals surface area contributed by atoms with Crippen molar-refractivity contribution in [3.05, 3.63) is 417 Å². The molecule has 17 aromatic rings. The van der Waals surface area contributed by atoms with Crippen molar-refractivity contribution in [1.29, 1.82) is 0 Å². The minimum absolute atomic E-state index is 0. The van der Waals surface area contributed by atoms with Crippen LogP contribution in [0, 0.1) is 166 Å². The fourth-order valence-electron chi connectivity index (χ4n) is 12.2. The van der Waals surface area contributed by atoms with Crippen LogP contribution in [0.3, 0.4) is 0 Å². The summed E-state index contributed by atoms with van der Waals surface area (Å²) in [6.07, 6.45) is 11.2. The van der Waals surface area contributed by atoms with E-state index < -0.39 is 0 Å². The maximum Gasteiger partial charge on any atom is 0.0561 e. The minimum Gasteiger partial charge on any atom is -0.371 e. The van der Waals surface area contributed by atoms with Gasteiger partial charge >= 0.3 is 0 Å². The predicted octanol–water partition coefficient (Wildman–Crippen LogP) is 25.5. The first-order valence-electron chi connectivity index (χ1n) is 39.2. The van der Waals surface area contributed by atoms with Crippen molar-refractivity contribution < 1.29 is 101 Å². The van der Waals surface area contributed by atoms with Crippen molar-refractivity contribution in [3.63, 3.8) is 0 Å². The Labute approximate surface area is 792 Å². The number of rotatable bonds is 8. The van der Waals surface area contributed by atoms with Crippen LogP contribution in [0.25, 0.3) is 101 Å². The Bertz CT molecular complexity index is 5590. The molecule has 8 aromatic heterocycles. The SMILES string of the molecule is Cc1cc[c-]c(-c2cc(C)ccn2)c1.Cc1cc[c-]c(-c2nc(C)c(C)n2C)c1.Cc1cc[c-]c(-c2nc(C)c(C)n2C)c1.Cc1cc[c-]c(-c2nccc3ccccc23)c1.Cc1ccc(-c2[c-]ccc(C)c2)nc1.Cc1ccc(-c2[c-]ccc(C)c2)nc1.Cc1ccc(-c2[c-]ccc(C)c2)nc1.Cc1ccc(-c2[c-]ccc(C)c2)nc1.[Ir].[Ir].[Ir].[Ir].[Ir]. The molecule has 0 saturated heterocycles. The summed E-state index contributed by atoms with van der Waals surface area (Å²) in [4.78, 5) is 35.3. The Morgan fingerprint density at radius 3 is 0.770 bits per heavy atom. The molecule has 0 amide bonds. The number of aryl methyl sites for hydroxylation is 15. The molecule has 0 unspecified atom stereocenters. The second-order valence-corrected chi connectivity index (χ2v) is 29.6. The van der Waals surface area contributed by atoms with Gasteiger partial charge in [0.25, 0.3) is 0 Å². The molecule has 9 aromatic carbocycles. The van der Waals surface area contributed by atoms with E-state index in [9.17, 15) is 0 Å². The molecule has 0 aliphatic rings. The van der Waals surface area contributed by atoms with E-state index in [2.05, 4.69) is 271 Å². The number of imidazole rings is 2. The molecule has 5 radical (unpaired) electrons. The van der Waals surface area contributed by atoms with Gasteiger partial charge in [0, 0.05) is 175 Å². The van der Waals surface area contributed by atoms with Crippen molar-refractivity contribution in [3.8, 4) is 90.3 Å². The molecule has 0 aliphatic carbocycles. The first kappa shape index (κ1) is 102. The molecule has 0 fully saturated rings. The molecule has 10 nitrogen and oxygen atoms in total. The average Bonchev–Trinajstić information content (AvgIpc) is 0.942. The minimum atomic E-state index is 0. The fourth-order valence-corrected chi connectivity index (χ4v) is 12.2. The van der Waals surface area contributed by atoms with E-state index in [0.29, 0.717) is 0 Å². The van der Waals surface area contributed by atoms with E-state index in [0.717, 1.165) is 102 Å². The standard InChI is InChI=1S/C16H12N.2C13H15N2.5C13H12N.5Ir/c1-12-5-4-7-14(11-12)16-15-8-3-2-6-13(15)9-10-17-16;2*1-9-6-5-7-12(8-9)13-14-10(2)11(3)15(13)4;1-10-4-3-5-12(8-10)13-9-11(2)6-7-14-13;4*1-10-4-3-5-12(8-10)13-7-6-11(2)9-14-13;;;;;/h2-6,8-11H,1H3;2*5-6,8H,1-4H3;5*3-4,6-9H,1-2H3;;;;;/q8*-1;;;;;. The molecular formula is C107H102Ir5N10-8. The van der Waals surface area contributed by atoms with Crippen LogP contribution in [0.4, 0.5) is 0 Å². The van der Waals surface area contributed by atoms with Gasteiger partial charge in [0.05, 0.1) is 11.6 Å². The van der Waals surface area contributed by atoms with Gasteiger partial charge < -0.3 is 39.0 Å². The van der Waals surface area contributed by atoms with E-state index in [1.54, 1.807) is 0 Å². The van der Waals surface area contributed by atoms with Crippen LogP contribution >= 0.6 is 0 Å². The Kier molecular flexibility index (Phi) is 42.8. The molecule has 0 spiro atoms. The predicted molar refractivity (Wildman–Crippen MR) is 484 cm³/mol. The van der Waals surface area contributed by atoms with Crippen LogP contribution in [-0.2, 0) is 115 Å². The monoisotopic (exact) mass is 2490 g/mol. The number of fused-ring (bicyclic) bond motifs is 1. The fraction of sp³-hybridized carbons (Fsp3) is 0.178. The van der Waals surface area contributed by atoms with Crippen LogP contribution in [0.2, 0.25) is 0 Å². The van der Waals surface area contributed by atoms with Crippen molar-refractivity contribution in [2.75, 3.05) is 0 Å². The van der Waals surface area contributed by atoms with E-state index in [-0.39, 0.29) is 101 Å². The Hall–Kier alpha value is -10.2. The summed E-state index contributed by atoms with van der Waals surface area (Å²) < 4.78 is 4.22. The van der Waals surface area contributed by atoms with Gasteiger partial charge in [-0.25, -0.2) is 0 Å². The van der Waals surface area contributed by atoms with E-state index in [1.807, 2.05) is 232 Å². The zero-order valence-electron chi connectivity index (χ0n) is 72.6. The number of benzene rings is 9. The largest absolute Gasteiger partial charge is 0.371 e. The maximum absolute atomic E-state index is 4.55. The first-order valence-corrected chi connectivity index (χ1v) is 39.2. The molecular weight excluding hydrogens is 2390 g/mol. The zero-order valence-corrected chi connectivity index (χ0v) is 84.6. The summed E-state index contributed by atoms with van der Waals surface area (Å²) in [5.74, 6) is 1.99. The van der Waals surface area contributed by atoms with Gasteiger partial charge in [-0.15, -0.1) is 283 Å². The topological polar surface area (TPSA) is 113 Å². The molecule has 0 saturated carbocycles. The van der Waals surface area contributed by atoms with E-state index in [1.165, 1.54) is 94.5 Å². The van der Waals surface area contributed by atoms with Gasteiger partial charge in [0.1, 0.15) is 0 Å². The Morgan fingerprint density at radius 1 is 0.230 bits per heavy atom. The molecule has 17 rings (SSSR count). The Balaban J connectivity index is 0.000000247. The number of nitrogens with zero attached hydrogens (tertiary/aromatic N) is 10. The number of pyridine rings is 6. The third-order valence-corrected chi connectivity index (χ3v) is 19.2. The summed E-state index contributed by atoms with van der Waals surface area (Å²) in [5, 5.41) is 2.39. The van der Waals surface area contributed by atoms with Crippen LogP contribution in [0.1, 0.15) is 95.1 Å². The average molecular weight is 2490 g/mol. The molecule has 122 heavy (non-hydrogen) atoms. The maximum atomic E-state index is 4.55. The van der Waals surface area contributed by atoms with E-state index >= 15 is 0 Å². The Morgan fingerprint density at radius 2 is 0.492 bits per heavy atom. The number of hydrogen-bond donors (Lipinski definition) is 0. The molecule has 0 bridgehead atoms. The summed E-state index contributed by atoms with van der Waals surface area (Å²) in [6.45, 7) is 35.1. The van der Waals surface area contributed by atoms with Crippen molar-refractivity contribution in [2.45, 2.75) is 118 Å². The second-order valence-electron chi connectivity index (χ2n) is 29.6. The molecule has 0 atom stereocenters. The summed E-state index contributed by atoms with van der Waals surface area (Å²) >= 11 is 0. The van der Waals surface area contributed by atoms with Crippen molar-refractivity contribution in [2.24, 2.45) is 14.1 Å². The van der Waals surface area contributed by atoms with Gasteiger partial charge in [0.2, 0.25) is 0 Å². The normalized spacial score (nSPS) is 9.93. The molecule has 0 N–H and O–H groups in total. The van der Waals surface area contributed by atoms with Gasteiger partial charge in [-0.3, -0.25) is 9.97 Å².